The Labute approximate surface area is 127 Å². The summed E-state index contributed by atoms with van der Waals surface area (Å²) in [6.45, 7) is 1.81. The number of benzene rings is 1. The van der Waals surface area contributed by atoms with E-state index in [0.29, 0.717) is 17.1 Å². The first-order chi connectivity index (χ1) is 10.6. The van der Waals surface area contributed by atoms with Gasteiger partial charge in [-0.3, -0.25) is 4.79 Å². The van der Waals surface area contributed by atoms with Crippen molar-refractivity contribution in [2.75, 3.05) is 25.5 Å². The standard InChI is InChI=1S/C16H19FN4O/c1-21-5-3-2-4-13(21)11-8-18-12-7-9(17)6-10-14(12)15(11)19-20-16(10)22/h6-7,11,13,18H,2-5,8H2,1H3,(H,20,22)/t11-,13-/m0/s1. The minimum Gasteiger partial charge on any atom is -0.384 e. The second-order valence-electron chi connectivity index (χ2n) is 6.35. The Kier molecular flexibility index (Phi) is 3.14. The van der Waals surface area contributed by atoms with Crippen LogP contribution in [0.3, 0.4) is 0 Å². The normalized spacial score (nSPS) is 25.2. The number of piperidine rings is 1. The van der Waals surface area contributed by atoms with E-state index in [4.69, 9.17) is 0 Å². The molecule has 2 atom stereocenters. The molecule has 3 heterocycles. The molecule has 1 saturated heterocycles. The average Bonchev–Trinajstić information content (AvgIpc) is 2.51. The molecular weight excluding hydrogens is 283 g/mol. The van der Waals surface area contributed by atoms with Crippen LogP contribution in [0.5, 0.6) is 0 Å². The lowest BCUT2D eigenvalue weighted by molar-refractivity contribution is 0.160. The maximum Gasteiger partial charge on any atom is 0.272 e. The number of H-pyrrole nitrogens is 1. The van der Waals surface area contributed by atoms with E-state index in [1.165, 1.54) is 25.0 Å². The summed E-state index contributed by atoms with van der Waals surface area (Å²) in [5, 5.41) is 11.3. The zero-order valence-corrected chi connectivity index (χ0v) is 12.5. The summed E-state index contributed by atoms with van der Waals surface area (Å²) in [6.07, 6.45) is 3.57. The molecule has 4 rings (SSSR count). The number of nitrogens with one attached hydrogen (secondary N) is 2. The predicted octanol–water partition coefficient (Wildman–Crippen LogP) is 2.06. The number of hydrogen-bond acceptors (Lipinski definition) is 4. The zero-order valence-electron chi connectivity index (χ0n) is 12.5. The summed E-state index contributed by atoms with van der Waals surface area (Å²) in [6, 6.07) is 3.16. The van der Waals surface area contributed by atoms with Crippen LogP contribution in [-0.2, 0) is 0 Å². The first kappa shape index (κ1) is 13.7. The van der Waals surface area contributed by atoms with Crippen molar-refractivity contribution in [3.8, 4) is 0 Å². The van der Waals surface area contributed by atoms with Crippen LogP contribution in [0, 0.1) is 5.82 Å². The monoisotopic (exact) mass is 302 g/mol. The van der Waals surface area contributed by atoms with E-state index in [2.05, 4.69) is 27.5 Å². The summed E-state index contributed by atoms with van der Waals surface area (Å²) < 4.78 is 13.7. The fourth-order valence-electron chi connectivity index (χ4n) is 3.94. The van der Waals surface area contributed by atoms with Crippen LogP contribution in [0.1, 0.15) is 30.9 Å². The number of aromatic nitrogens is 2. The van der Waals surface area contributed by atoms with Crippen LogP contribution in [0.2, 0.25) is 0 Å². The number of likely N-dealkylation sites (tertiary alicyclic amines) is 1. The molecule has 0 bridgehead atoms. The molecule has 0 aliphatic carbocycles. The van der Waals surface area contributed by atoms with Crippen LogP contribution in [-0.4, -0.2) is 41.3 Å². The van der Waals surface area contributed by atoms with Crippen molar-refractivity contribution < 1.29 is 4.39 Å². The maximum atomic E-state index is 13.7. The minimum atomic E-state index is -0.397. The molecule has 2 N–H and O–H groups in total. The molecule has 1 aromatic heterocycles. The summed E-state index contributed by atoms with van der Waals surface area (Å²) in [5.41, 5.74) is 1.24. The molecule has 116 valence electrons. The summed E-state index contributed by atoms with van der Waals surface area (Å²) in [4.78, 5) is 14.4. The van der Waals surface area contributed by atoms with Crippen LogP contribution >= 0.6 is 0 Å². The number of aromatic amines is 1. The topological polar surface area (TPSA) is 61.0 Å². The zero-order chi connectivity index (χ0) is 15.3. The number of rotatable bonds is 1. The van der Waals surface area contributed by atoms with Crippen LogP contribution in [0.4, 0.5) is 10.1 Å². The van der Waals surface area contributed by atoms with Crippen molar-refractivity contribution in [1.82, 2.24) is 15.1 Å². The number of likely N-dealkylation sites (N-methyl/N-ethyl adjacent to an activating group) is 1. The van der Waals surface area contributed by atoms with Crippen molar-refractivity contribution in [1.29, 1.82) is 0 Å². The third kappa shape index (κ3) is 2.01. The molecule has 22 heavy (non-hydrogen) atoms. The van der Waals surface area contributed by atoms with Gasteiger partial charge in [-0.25, -0.2) is 9.49 Å². The molecule has 0 radical (unpaired) electrons. The highest BCUT2D eigenvalue weighted by atomic mass is 19.1. The minimum absolute atomic E-state index is 0.211. The number of hydrogen-bond donors (Lipinski definition) is 2. The first-order valence-electron chi connectivity index (χ1n) is 7.81. The lowest BCUT2D eigenvalue weighted by atomic mass is 9.84. The van der Waals surface area contributed by atoms with E-state index >= 15 is 0 Å². The maximum absolute atomic E-state index is 13.7. The van der Waals surface area contributed by atoms with Gasteiger partial charge in [-0.05, 0) is 38.6 Å². The van der Waals surface area contributed by atoms with E-state index < -0.39 is 5.82 Å². The Bertz CT molecular complexity index is 788. The largest absolute Gasteiger partial charge is 0.384 e. The van der Waals surface area contributed by atoms with Gasteiger partial charge in [0, 0.05) is 29.6 Å². The molecule has 0 spiro atoms. The molecule has 1 fully saturated rings. The Morgan fingerprint density at radius 1 is 1.36 bits per heavy atom. The molecule has 5 nitrogen and oxygen atoms in total. The highest BCUT2D eigenvalue weighted by Gasteiger charge is 2.34. The Balaban J connectivity index is 1.89. The van der Waals surface area contributed by atoms with Gasteiger partial charge in [0.05, 0.1) is 11.1 Å². The Morgan fingerprint density at radius 3 is 3.05 bits per heavy atom. The summed E-state index contributed by atoms with van der Waals surface area (Å²) >= 11 is 0. The van der Waals surface area contributed by atoms with Crippen molar-refractivity contribution in [2.24, 2.45) is 0 Å². The van der Waals surface area contributed by atoms with Gasteiger partial charge in [-0.15, -0.1) is 0 Å². The summed E-state index contributed by atoms with van der Waals surface area (Å²) in [7, 11) is 2.15. The van der Waals surface area contributed by atoms with Crippen LogP contribution in [0.25, 0.3) is 10.8 Å². The van der Waals surface area contributed by atoms with E-state index in [0.717, 1.165) is 30.6 Å². The van der Waals surface area contributed by atoms with Gasteiger partial charge in [0.25, 0.3) is 5.56 Å². The fraction of sp³-hybridized carbons (Fsp3) is 0.500. The van der Waals surface area contributed by atoms with E-state index in [1.807, 2.05) is 0 Å². The van der Waals surface area contributed by atoms with Gasteiger partial charge in [0.2, 0.25) is 0 Å². The lowest BCUT2D eigenvalue weighted by Crippen LogP contribution is -2.44. The molecule has 0 unspecified atom stereocenters. The Morgan fingerprint density at radius 2 is 2.23 bits per heavy atom. The quantitative estimate of drug-likeness (QED) is 0.846. The van der Waals surface area contributed by atoms with Gasteiger partial charge in [-0.1, -0.05) is 6.42 Å². The van der Waals surface area contributed by atoms with Gasteiger partial charge in [0.15, 0.2) is 0 Å². The second-order valence-corrected chi connectivity index (χ2v) is 6.35. The molecule has 0 amide bonds. The molecular formula is C16H19FN4O. The molecule has 1 aromatic carbocycles. The van der Waals surface area contributed by atoms with E-state index in [9.17, 15) is 9.18 Å². The fourth-order valence-corrected chi connectivity index (χ4v) is 3.94. The van der Waals surface area contributed by atoms with Crippen molar-refractivity contribution in [3.05, 3.63) is 34.0 Å². The third-order valence-corrected chi connectivity index (χ3v) is 5.04. The number of nitrogens with zero attached hydrogens (tertiary/aromatic N) is 2. The van der Waals surface area contributed by atoms with Gasteiger partial charge in [0.1, 0.15) is 5.82 Å². The second kappa shape index (κ2) is 5.05. The van der Waals surface area contributed by atoms with Gasteiger partial charge in [-0.2, -0.15) is 5.10 Å². The average molecular weight is 302 g/mol. The van der Waals surface area contributed by atoms with Gasteiger partial charge < -0.3 is 10.2 Å². The molecule has 2 aliphatic rings. The summed E-state index contributed by atoms with van der Waals surface area (Å²) in [5.74, 6) is -0.187. The van der Waals surface area contributed by atoms with Crippen molar-refractivity contribution in [3.63, 3.8) is 0 Å². The predicted molar refractivity (Wildman–Crippen MR) is 83.8 cm³/mol. The smallest absolute Gasteiger partial charge is 0.272 e. The van der Waals surface area contributed by atoms with E-state index in [1.54, 1.807) is 0 Å². The molecule has 6 heteroatoms. The highest BCUT2D eigenvalue weighted by Crippen LogP contribution is 2.38. The lowest BCUT2D eigenvalue weighted by Gasteiger charge is -2.39. The first-order valence-corrected chi connectivity index (χ1v) is 7.81. The highest BCUT2D eigenvalue weighted by molar-refractivity contribution is 5.96. The van der Waals surface area contributed by atoms with Crippen molar-refractivity contribution >= 4 is 16.5 Å². The van der Waals surface area contributed by atoms with Crippen LogP contribution in [0.15, 0.2) is 16.9 Å². The Hall–Kier alpha value is -1.95. The van der Waals surface area contributed by atoms with Gasteiger partial charge >= 0.3 is 0 Å². The number of anilines is 1. The third-order valence-electron chi connectivity index (χ3n) is 5.04. The van der Waals surface area contributed by atoms with Crippen LogP contribution < -0.4 is 10.9 Å². The molecule has 2 aliphatic heterocycles. The SMILES string of the molecule is CN1CCCC[C@H]1[C@@H]1CNc2cc(F)cc3c(=O)[nH]nc1c23. The number of halogens is 1. The van der Waals surface area contributed by atoms with E-state index in [-0.39, 0.29) is 11.5 Å². The molecule has 2 aromatic rings. The van der Waals surface area contributed by atoms with Crippen molar-refractivity contribution in [2.45, 2.75) is 31.2 Å². The molecule has 0 saturated carbocycles.